The van der Waals surface area contributed by atoms with Crippen LogP contribution in [-0.2, 0) is 0 Å². The highest BCUT2D eigenvalue weighted by Crippen LogP contribution is 2.25. The number of hydrogen-bond acceptors (Lipinski definition) is 6. The average molecular weight is 294 g/mol. The van der Waals surface area contributed by atoms with Crippen LogP contribution in [0.5, 0.6) is 0 Å². The lowest BCUT2D eigenvalue weighted by atomic mass is 10.2. The number of carbonyl (C=O) groups is 1. The molecule has 0 aliphatic carbocycles. The topological polar surface area (TPSA) is 93.2 Å². The van der Waals surface area contributed by atoms with Crippen molar-refractivity contribution in [2.45, 2.75) is 26.3 Å². The molecule has 0 bridgehead atoms. The zero-order valence-electron chi connectivity index (χ0n) is 11.5. The van der Waals surface area contributed by atoms with Crippen LogP contribution < -0.4 is 16.4 Å². The lowest BCUT2D eigenvalue weighted by Crippen LogP contribution is -2.26. The van der Waals surface area contributed by atoms with Crippen molar-refractivity contribution < 1.29 is 9.21 Å². The quantitative estimate of drug-likeness (QED) is 0.761. The van der Waals surface area contributed by atoms with E-state index in [-0.39, 0.29) is 17.8 Å². The molecule has 1 atom stereocenters. The molecule has 7 heteroatoms. The number of nitrogen functional groups attached to an aromatic ring is 1. The Bertz CT molecular complexity index is 565. The standard InChI is InChI=1S/C13H18N4O2S/c1-3-6-15-13-17-11(14)10(20-13)12(18)16-8(2)9-5-4-7-19-9/h4-5,7-8H,3,6,14H2,1-2H3,(H,15,17)(H,16,18). The van der Waals surface area contributed by atoms with Gasteiger partial charge in [0.2, 0.25) is 0 Å². The number of thiazole rings is 1. The van der Waals surface area contributed by atoms with Crippen LogP contribution in [0, 0.1) is 0 Å². The van der Waals surface area contributed by atoms with Crippen molar-refractivity contribution in [3.8, 4) is 0 Å². The molecule has 0 fully saturated rings. The number of nitrogens with two attached hydrogens (primary N) is 1. The molecule has 2 aromatic heterocycles. The van der Waals surface area contributed by atoms with E-state index in [1.54, 1.807) is 12.3 Å². The van der Waals surface area contributed by atoms with E-state index in [1.165, 1.54) is 11.3 Å². The number of aromatic nitrogens is 1. The number of carbonyl (C=O) groups excluding carboxylic acids is 1. The zero-order chi connectivity index (χ0) is 14.5. The van der Waals surface area contributed by atoms with E-state index in [2.05, 4.69) is 22.5 Å². The molecule has 1 unspecified atom stereocenters. The van der Waals surface area contributed by atoms with Crippen molar-refractivity contribution >= 4 is 28.2 Å². The summed E-state index contributed by atoms with van der Waals surface area (Å²) in [4.78, 5) is 16.7. The van der Waals surface area contributed by atoms with Crippen LogP contribution in [0.1, 0.15) is 41.7 Å². The largest absolute Gasteiger partial charge is 0.467 e. The first-order valence-corrected chi connectivity index (χ1v) is 7.28. The van der Waals surface area contributed by atoms with Crippen LogP contribution in [0.2, 0.25) is 0 Å². The van der Waals surface area contributed by atoms with Crippen LogP contribution in [0.3, 0.4) is 0 Å². The molecule has 20 heavy (non-hydrogen) atoms. The maximum Gasteiger partial charge on any atom is 0.265 e. The molecule has 0 radical (unpaired) electrons. The summed E-state index contributed by atoms with van der Waals surface area (Å²) >= 11 is 1.26. The molecular weight excluding hydrogens is 276 g/mol. The van der Waals surface area contributed by atoms with Gasteiger partial charge in [0.05, 0.1) is 12.3 Å². The highest BCUT2D eigenvalue weighted by atomic mass is 32.1. The zero-order valence-corrected chi connectivity index (χ0v) is 12.3. The first kappa shape index (κ1) is 14.4. The fourth-order valence-corrected chi connectivity index (χ4v) is 2.49. The van der Waals surface area contributed by atoms with E-state index in [9.17, 15) is 4.79 Å². The SMILES string of the molecule is CCCNc1nc(N)c(C(=O)NC(C)c2ccco2)s1. The predicted octanol–water partition coefficient (Wildman–Crippen LogP) is 2.63. The van der Waals surface area contributed by atoms with Gasteiger partial charge in [-0.25, -0.2) is 4.98 Å². The Labute approximate surface area is 121 Å². The van der Waals surface area contributed by atoms with Gasteiger partial charge in [0.25, 0.3) is 5.91 Å². The van der Waals surface area contributed by atoms with Gasteiger partial charge < -0.3 is 20.8 Å². The average Bonchev–Trinajstić information content (AvgIpc) is 3.05. The van der Waals surface area contributed by atoms with Crippen LogP contribution in [0.4, 0.5) is 10.9 Å². The molecule has 2 rings (SSSR count). The van der Waals surface area contributed by atoms with Gasteiger partial charge in [-0.1, -0.05) is 18.3 Å². The molecule has 0 aliphatic heterocycles. The lowest BCUT2D eigenvalue weighted by molar-refractivity contribution is 0.0940. The molecule has 1 amide bonds. The number of rotatable bonds is 6. The third kappa shape index (κ3) is 3.30. The molecule has 6 nitrogen and oxygen atoms in total. The molecule has 4 N–H and O–H groups in total. The second-order valence-corrected chi connectivity index (χ2v) is 5.37. The number of hydrogen-bond donors (Lipinski definition) is 3. The second-order valence-electron chi connectivity index (χ2n) is 4.37. The summed E-state index contributed by atoms with van der Waals surface area (Å²) in [6.07, 6.45) is 2.56. The Kier molecular flexibility index (Phi) is 4.62. The summed E-state index contributed by atoms with van der Waals surface area (Å²) in [5, 5.41) is 6.63. The first-order valence-electron chi connectivity index (χ1n) is 6.46. The Hall–Kier alpha value is -2.02. The normalized spacial score (nSPS) is 12.1. The molecular formula is C13H18N4O2S. The van der Waals surface area contributed by atoms with Gasteiger partial charge in [0.15, 0.2) is 5.13 Å². The fraction of sp³-hybridized carbons (Fsp3) is 0.385. The van der Waals surface area contributed by atoms with Crippen molar-refractivity contribution in [3.05, 3.63) is 29.0 Å². The summed E-state index contributed by atoms with van der Waals surface area (Å²) in [5.74, 6) is 0.706. The number of nitrogens with one attached hydrogen (secondary N) is 2. The summed E-state index contributed by atoms with van der Waals surface area (Å²) in [7, 11) is 0. The van der Waals surface area contributed by atoms with Gasteiger partial charge in [0.1, 0.15) is 16.5 Å². The highest BCUT2D eigenvalue weighted by Gasteiger charge is 2.19. The van der Waals surface area contributed by atoms with Gasteiger partial charge in [-0.05, 0) is 25.5 Å². The Balaban J connectivity index is 2.03. The minimum atomic E-state index is -0.242. The smallest absolute Gasteiger partial charge is 0.265 e. The molecule has 0 saturated carbocycles. The number of anilines is 2. The van der Waals surface area contributed by atoms with Crippen molar-refractivity contribution in [1.29, 1.82) is 0 Å². The number of nitrogens with zero attached hydrogens (tertiary/aromatic N) is 1. The third-order valence-corrected chi connectivity index (χ3v) is 3.73. The number of amides is 1. The van der Waals surface area contributed by atoms with Gasteiger partial charge >= 0.3 is 0 Å². The molecule has 2 aromatic rings. The molecule has 0 aromatic carbocycles. The van der Waals surface area contributed by atoms with Crippen molar-refractivity contribution in [3.63, 3.8) is 0 Å². The van der Waals surface area contributed by atoms with E-state index < -0.39 is 0 Å². The van der Waals surface area contributed by atoms with Crippen molar-refractivity contribution in [2.75, 3.05) is 17.6 Å². The third-order valence-electron chi connectivity index (χ3n) is 2.70. The van der Waals surface area contributed by atoms with Gasteiger partial charge in [-0.3, -0.25) is 4.79 Å². The Morgan fingerprint density at radius 2 is 2.40 bits per heavy atom. The fourth-order valence-electron chi connectivity index (χ4n) is 1.67. The van der Waals surface area contributed by atoms with Gasteiger partial charge in [0, 0.05) is 6.54 Å². The molecule has 0 spiro atoms. The molecule has 0 saturated heterocycles. The number of furan rings is 1. The van der Waals surface area contributed by atoms with Crippen LogP contribution in [0.15, 0.2) is 22.8 Å². The summed E-state index contributed by atoms with van der Waals surface area (Å²) < 4.78 is 5.25. The maximum absolute atomic E-state index is 12.2. The molecule has 0 aliphatic rings. The minimum Gasteiger partial charge on any atom is -0.467 e. The van der Waals surface area contributed by atoms with Crippen LogP contribution >= 0.6 is 11.3 Å². The van der Waals surface area contributed by atoms with E-state index in [4.69, 9.17) is 10.2 Å². The van der Waals surface area contributed by atoms with Crippen LogP contribution in [0.25, 0.3) is 0 Å². The monoisotopic (exact) mass is 294 g/mol. The predicted molar refractivity (Wildman–Crippen MR) is 79.9 cm³/mol. The van der Waals surface area contributed by atoms with E-state index in [0.29, 0.717) is 15.8 Å². The minimum absolute atomic E-state index is 0.217. The second kappa shape index (κ2) is 6.42. The van der Waals surface area contributed by atoms with E-state index >= 15 is 0 Å². The summed E-state index contributed by atoms with van der Waals surface area (Å²) in [5.41, 5.74) is 5.78. The summed E-state index contributed by atoms with van der Waals surface area (Å²) in [6.45, 7) is 4.71. The Morgan fingerprint density at radius 1 is 1.60 bits per heavy atom. The summed E-state index contributed by atoms with van der Waals surface area (Å²) in [6, 6.07) is 3.38. The van der Waals surface area contributed by atoms with E-state index in [0.717, 1.165) is 13.0 Å². The first-order chi connectivity index (χ1) is 9.61. The Morgan fingerprint density at radius 3 is 3.05 bits per heavy atom. The van der Waals surface area contributed by atoms with Gasteiger partial charge in [-0.15, -0.1) is 0 Å². The molecule has 2 heterocycles. The van der Waals surface area contributed by atoms with E-state index in [1.807, 2.05) is 13.0 Å². The van der Waals surface area contributed by atoms with Gasteiger partial charge in [-0.2, -0.15) is 0 Å². The van der Waals surface area contributed by atoms with Crippen molar-refractivity contribution in [2.24, 2.45) is 0 Å². The van der Waals surface area contributed by atoms with Crippen LogP contribution in [-0.4, -0.2) is 17.4 Å². The highest BCUT2D eigenvalue weighted by molar-refractivity contribution is 7.18. The maximum atomic E-state index is 12.2. The lowest BCUT2D eigenvalue weighted by Gasteiger charge is -2.10. The molecule has 108 valence electrons. The van der Waals surface area contributed by atoms with Crippen molar-refractivity contribution in [1.82, 2.24) is 10.3 Å².